The van der Waals surface area contributed by atoms with E-state index in [9.17, 15) is 4.57 Å². The molecule has 2 N–H and O–H groups in total. The standard InChI is InChI=1S/C9H22NO3P/c1-4-5-6-7-8-9(10(2)3)14(11,12)13/h9H,4-8H2,1-3H3,(H2,11,12,13)/t9-/m1/s1. The first-order valence-electron chi connectivity index (χ1n) is 5.11. The number of rotatable bonds is 7. The van der Waals surface area contributed by atoms with Crippen LogP contribution in [0.3, 0.4) is 0 Å². The van der Waals surface area contributed by atoms with Crippen LogP contribution in [0.15, 0.2) is 0 Å². The van der Waals surface area contributed by atoms with Gasteiger partial charge in [0.15, 0.2) is 0 Å². The molecule has 14 heavy (non-hydrogen) atoms. The van der Waals surface area contributed by atoms with E-state index < -0.39 is 13.4 Å². The number of unbranched alkanes of at least 4 members (excludes halogenated alkanes) is 3. The van der Waals surface area contributed by atoms with Crippen molar-refractivity contribution in [3.8, 4) is 0 Å². The summed E-state index contributed by atoms with van der Waals surface area (Å²) in [5, 5.41) is 0. The normalized spacial score (nSPS) is 14.7. The lowest BCUT2D eigenvalue weighted by atomic mass is 10.1. The highest BCUT2D eigenvalue weighted by Gasteiger charge is 2.29. The van der Waals surface area contributed by atoms with Gasteiger partial charge in [-0.1, -0.05) is 32.6 Å². The number of nitrogens with zero attached hydrogens (tertiary/aromatic N) is 1. The van der Waals surface area contributed by atoms with E-state index in [1.165, 1.54) is 0 Å². The second kappa shape index (κ2) is 6.57. The largest absolute Gasteiger partial charge is 0.342 e. The molecule has 0 bridgehead atoms. The molecule has 0 heterocycles. The van der Waals surface area contributed by atoms with Crippen LogP contribution in [0.4, 0.5) is 0 Å². The molecule has 1 atom stereocenters. The van der Waals surface area contributed by atoms with Crippen LogP contribution in [0.5, 0.6) is 0 Å². The fraction of sp³-hybridized carbons (Fsp3) is 1.00. The molecule has 0 aliphatic rings. The van der Waals surface area contributed by atoms with Crippen molar-refractivity contribution in [1.29, 1.82) is 0 Å². The van der Waals surface area contributed by atoms with Gasteiger partial charge in [-0.15, -0.1) is 0 Å². The first kappa shape index (κ1) is 14.1. The lowest BCUT2D eigenvalue weighted by molar-refractivity contribution is 0.270. The Hall–Kier alpha value is 0.110. The van der Waals surface area contributed by atoms with Gasteiger partial charge in [0.25, 0.3) is 0 Å². The monoisotopic (exact) mass is 223 g/mol. The molecular weight excluding hydrogens is 201 g/mol. The average Bonchev–Trinajstić information content (AvgIpc) is 2.01. The van der Waals surface area contributed by atoms with Crippen molar-refractivity contribution in [2.75, 3.05) is 14.1 Å². The first-order valence-corrected chi connectivity index (χ1v) is 6.79. The molecule has 0 unspecified atom stereocenters. The Kier molecular flexibility index (Phi) is 6.62. The molecule has 4 nitrogen and oxygen atoms in total. The van der Waals surface area contributed by atoms with E-state index in [0.29, 0.717) is 6.42 Å². The van der Waals surface area contributed by atoms with Gasteiger partial charge in [0.2, 0.25) is 0 Å². The predicted octanol–water partition coefficient (Wildman–Crippen LogP) is 2.02. The molecule has 0 aliphatic carbocycles. The molecule has 0 spiro atoms. The zero-order chi connectivity index (χ0) is 11.2. The smallest absolute Gasteiger partial charge is 0.323 e. The topological polar surface area (TPSA) is 60.8 Å². The summed E-state index contributed by atoms with van der Waals surface area (Å²) in [6.45, 7) is 2.12. The highest BCUT2D eigenvalue weighted by Crippen LogP contribution is 2.44. The molecular formula is C9H22NO3P. The van der Waals surface area contributed by atoms with Crippen LogP contribution in [-0.4, -0.2) is 34.6 Å². The minimum Gasteiger partial charge on any atom is -0.323 e. The van der Waals surface area contributed by atoms with Gasteiger partial charge >= 0.3 is 7.60 Å². The zero-order valence-electron chi connectivity index (χ0n) is 9.31. The van der Waals surface area contributed by atoms with E-state index in [0.717, 1.165) is 25.7 Å². The van der Waals surface area contributed by atoms with E-state index in [2.05, 4.69) is 6.92 Å². The van der Waals surface area contributed by atoms with Gasteiger partial charge in [-0.2, -0.15) is 0 Å². The second-order valence-corrected chi connectivity index (χ2v) is 5.66. The summed E-state index contributed by atoms with van der Waals surface area (Å²) >= 11 is 0. The van der Waals surface area contributed by atoms with E-state index in [4.69, 9.17) is 9.79 Å². The van der Waals surface area contributed by atoms with Crippen LogP contribution in [0.25, 0.3) is 0 Å². The zero-order valence-corrected chi connectivity index (χ0v) is 10.2. The maximum Gasteiger partial charge on any atom is 0.342 e. The van der Waals surface area contributed by atoms with Gasteiger partial charge in [-0.3, -0.25) is 9.46 Å². The lowest BCUT2D eigenvalue weighted by Gasteiger charge is -2.24. The summed E-state index contributed by atoms with van der Waals surface area (Å²) in [5.41, 5.74) is 0. The minimum atomic E-state index is -3.95. The Morgan fingerprint density at radius 3 is 2.14 bits per heavy atom. The minimum absolute atomic E-state index is 0.581. The van der Waals surface area contributed by atoms with Crippen molar-refractivity contribution < 1.29 is 14.4 Å². The van der Waals surface area contributed by atoms with Crippen LogP contribution in [-0.2, 0) is 4.57 Å². The number of hydrogen-bond donors (Lipinski definition) is 2. The third kappa shape index (κ3) is 5.76. The highest BCUT2D eigenvalue weighted by atomic mass is 31.2. The Bertz CT molecular complexity index is 190. The molecule has 0 radical (unpaired) electrons. The van der Waals surface area contributed by atoms with Crippen LogP contribution < -0.4 is 0 Å². The molecule has 0 saturated heterocycles. The van der Waals surface area contributed by atoms with Gasteiger partial charge in [0.05, 0.1) is 0 Å². The summed E-state index contributed by atoms with van der Waals surface area (Å²) in [6, 6.07) is 0. The highest BCUT2D eigenvalue weighted by molar-refractivity contribution is 7.52. The van der Waals surface area contributed by atoms with Crippen molar-refractivity contribution in [3.05, 3.63) is 0 Å². The third-order valence-corrected chi connectivity index (χ3v) is 3.80. The van der Waals surface area contributed by atoms with Crippen LogP contribution in [0.2, 0.25) is 0 Å². The third-order valence-electron chi connectivity index (χ3n) is 2.30. The van der Waals surface area contributed by atoms with Crippen LogP contribution in [0.1, 0.15) is 39.0 Å². The van der Waals surface area contributed by atoms with Gasteiger partial charge in [0, 0.05) is 0 Å². The molecule has 0 aromatic rings. The van der Waals surface area contributed by atoms with Crippen molar-refractivity contribution >= 4 is 7.60 Å². The summed E-state index contributed by atoms with van der Waals surface area (Å²) in [7, 11) is -0.531. The maximum atomic E-state index is 11.1. The molecule has 5 heteroatoms. The Morgan fingerprint density at radius 2 is 1.79 bits per heavy atom. The van der Waals surface area contributed by atoms with Crippen molar-refractivity contribution in [2.24, 2.45) is 0 Å². The number of hydrogen-bond acceptors (Lipinski definition) is 2. The molecule has 0 aromatic carbocycles. The lowest BCUT2D eigenvalue weighted by Crippen LogP contribution is -2.27. The molecule has 0 aromatic heterocycles. The summed E-state index contributed by atoms with van der Waals surface area (Å²) in [5.74, 6) is -0.612. The Morgan fingerprint density at radius 1 is 1.21 bits per heavy atom. The second-order valence-electron chi connectivity index (χ2n) is 3.88. The van der Waals surface area contributed by atoms with E-state index >= 15 is 0 Å². The van der Waals surface area contributed by atoms with Gasteiger partial charge < -0.3 is 9.79 Å². The van der Waals surface area contributed by atoms with Gasteiger partial charge in [0.1, 0.15) is 5.78 Å². The fourth-order valence-corrected chi connectivity index (χ4v) is 2.60. The molecule has 0 saturated carbocycles. The fourth-order valence-electron chi connectivity index (χ4n) is 1.48. The molecule has 0 aliphatic heterocycles. The van der Waals surface area contributed by atoms with E-state index in [1.54, 1.807) is 19.0 Å². The quantitative estimate of drug-likeness (QED) is 0.512. The predicted molar refractivity (Wildman–Crippen MR) is 58.3 cm³/mol. The summed E-state index contributed by atoms with van der Waals surface area (Å²) < 4.78 is 11.1. The first-order chi connectivity index (χ1) is 6.39. The summed E-state index contributed by atoms with van der Waals surface area (Å²) in [6.07, 6.45) is 4.81. The maximum absolute atomic E-state index is 11.1. The van der Waals surface area contributed by atoms with Crippen molar-refractivity contribution in [2.45, 2.75) is 44.8 Å². The van der Waals surface area contributed by atoms with Crippen LogP contribution in [0, 0.1) is 0 Å². The van der Waals surface area contributed by atoms with Gasteiger partial charge in [-0.05, 0) is 20.5 Å². The van der Waals surface area contributed by atoms with E-state index in [-0.39, 0.29) is 0 Å². The van der Waals surface area contributed by atoms with Crippen molar-refractivity contribution in [3.63, 3.8) is 0 Å². The SMILES string of the molecule is CCCCCC[C@H](N(C)C)P(=O)(O)O. The molecule has 86 valence electrons. The summed E-state index contributed by atoms with van der Waals surface area (Å²) in [4.78, 5) is 19.8. The van der Waals surface area contributed by atoms with Gasteiger partial charge in [-0.25, -0.2) is 0 Å². The molecule has 0 fully saturated rings. The Balaban J connectivity index is 3.94. The molecule has 0 rings (SSSR count). The van der Waals surface area contributed by atoms with Crippen LogP contribution >= 0.6 is 7.60 Å². The van der Waals surface area contributed by atoms with E-state index in [1.807, 2.05) is 0 Å². The molecule has 0 amide bonds. The average molecular weight is 223 g/mol. The van der Waals surface area contributed by atoms with Crippen molar-refractivity contribution in [1.82, 2.24) is 4.90 Å². The Labute approximate surface area is 86.5 Å².